The first kappa shape index (κ1) is 22.2. The smallest absolute Gasteiger partial charge is 0.255 e. The van der Waals surface area contributed by atoms with Crippen molar-refractivity contribution in [2.24, 2.45) is 0 Å². The van der Waals surface area contributed by atoms with Crippen LogP contribution in [0.1, 0.15) is 29.6 Å². The summed E-state index contributed by atoms with van der Waals surface area (Å²) in [6, 6.07) is 15.0. The van der Waals surface area contributed by atoms with Gasteiger partial charge in [-0.15, -0.1) is 11.8 Å². The molecule has 0 aliphatic carbocycles. The number of amides is 1. The van der Waals surface area contributed by atoms with Crippen molar-refractivity contribution in [2.75, 3.05) is 50.4 Å². The molecule has 6 nitrogen and oxygen atoms in total. The number of sulfonamides is 1. The third kappa shape index (κ3) is 4.76. The van der Waals surface area contributed by atoms with E-state index in [0.29, 0.717) is 31.7 Å². The van der Waals surface area contributed by atoms with Crippen molar-refractivity contribution in [3.63, 3.8) is 0 Å². The van der Waals surface area contributed by atoms with E-state index in [4.69, 9.17) is 0 Å². The average molecular weight is 460 g/mol. The zero-order chi connectivity index (χ0) is 21.8. The summed E-state index contributed by atoms with van der Waals surface area (Å²) in [5.41, 5.74) is 1.61. The topological polar surface area (TPSA) is 60.9 Å². The fourth-order valence-corrected chi connectivity index (χ4v) is 6.28. The molecule has 2 aliphatic heterocycles. The van der Waals surface area contributed by atoms with Crippen molar-refractivity contribution in [2.45, 2.75) is 29.1 Å². The maximum Gasteiger partial charge on any atom is 0.255 e. The molecule has 8 heteroatoms. The Hall–Kier alpha value is -2.03. The second-order valence-corrected chi connectivity index (χ2v) is 10.7. The molecule has 0 atom stereocenters. The summed E-state index contributed by atoms with van der Waals surface area (Å²) in [6.45, 7) is 3.63. The molecular weight excluding hydrogens is 430 g/mol. The summed E-state index contributed by atoms with van der Waals surface area (Å²) >= 11 is 1.48. The number of para-hydroxylation sites is 1. The minimum Gasteiger partial charge on any atom is -0.369 e. The Morgan fingerprint density at radius 3 is 2.19 bits per heavy atom. The summed E-state index contributed by atoms with van der Waals surface area (Å²) in [5, 5.41) is 0. The van der Waals surface area contributed by atoms with E-state index in [1.165, 1.54) is 16.1 Å². The molecule has 0 bridgehead atoms. The van der Waals surface area contributed by atoms with E-state index in [-0.39, 0.29) is 10.8 Å². The molecule has 31 heavy (non-hydrogen) atoms. The average Bonchev–Trinajstić information content (AvgIpc) is 2.84. The molecule has 2 fully saturated rings. The number of carbonyl (C=O) groups excluding carboxylic acids is 1. The van der Waals surface area contributed by atoms with Gasteiger partial charge >= 0.3 is 0 Å². The molecule has 0 saturated carbocycles. The van der Waals surface area contributed by atoms with Gasteiger partial charge in [-0.25, -0.2) is 8.42 Å². The van der Waals surface area contributed by atoms with Gasteiger partial charge in [-0.3, -0.25) is 4.79 Å². The number of benzene rings is 2. The molecule has 2 heterocycles. The van der Waals surface area contributed by atoms with Crippen molar-refractivity contribution in [3.8, 4) is 0 Å². The normalized spacial score (nSPS) is 18.2. The highest BCUT2D eigenvalue weighted by Gasteiger charge is 2.30. The standard InChI is InChI=1S/C23H29N3O3S2/c1-30-22-11-10-20(18-21(22)23(27)25-12-6-3-7-13-25)31(28,29)26-16-14-24(15-17-26)19-8-4-2-5-9-19/h2,4-5,8-11,18H,3,6-7,12-17H2,1H3. The second kappa shape index (κ2) is 9.63. The molecule has 166 valence electrons. The first-order valence-corrected chi connectivity index (χ1v) is 13.4. The van der Waals surface area contributed by atoms with E-state index in [0.717, 1.165) is 42.9 Å². The highest BCUT2D eigenvalue weighted by molar-refractivity contribution is 7.98. The third-order valence-corrected chi connectivity index (χ3v) is 8.73. The third-order valence-electron chi connectivity index (χ3n) is 6.04. The number of piperidine rings is 1. The maximum absolute atomic E-state index is 13.4. The van der Waals surface area contributed by atoms with Crippen LogP contribution in [0.3, 0.4) is 0 Å². The van der Waals surface area contributed by atoms with Crippen molar-refractivity contribution in [1.82, 2.24) is 9.21 Å². The van der Waals surface area contributed by atoms with Gasteiger partial charge in [-0.1, -0.05) is 18.2 Å². The molecule has 0 N–H and O–H groups in total. The molecule has 0 aromatic heterocycles. The van der Waals surface area contributed by atoms with Crippen LogP contribution in [0.5, 0.6) is 0 Å². The Morgan fingerprint density at radius 2 is 1.55 bits per heavy atom. The molecule has 2 aromatic rings. The van der Waals surface area contributed by atoms with E-state index in [2.05, 4.69) is 4.90 Å². The summed E-state index contributed by atoms with van der Waals surface area (Å²) in [6.07, 6.45) is 5.07. The van der Waals surface area contributed by atoms with E-state index < -0.39 is 10.0 Å². The van der Waals surface area contributed by atoms with E-state index in [1.807, 2.05) is 41.5 Å². The van der Waals surface area contributed by atoms with Gasteiger partial charge in [0.1, 0.15) is 0 Å². The Balaban J connectivity index is 1.53. The molecule has 0 spiro atoms. The van der Waals surface area contributed by atoms with Crippen LogP contribution in [0.15, 0.2) is 58.3 Å². The molecule has 2 saturated heterocycles. The van der Waals surface area contributed by atoms with E-state index in [1.54, 1.807) is 18.2 Å². The SMILES string of the molecule is CSc1ccc(S(=O)(=O)N2CCN(c3ccccc3)CC2)cc1C(=O)N1CCCCC1. The molecule has 0 unspecified atom stereocenters. The van der Waals surface area contributed by atoms with Crippen LogP contribution in [-0.4, -0.2) is 69.1 Å². The lowest BCUT2D eigenvalue weighted by atomic mass is 10.1. The fraction of sp³-hybridized carbons (Fsp3) is 0.435. The summed E-state index contributed by atoms with van der Waals surface area (Å²) in [7, 11) is -3.65. The minimum absolute atomic E-state index is 0.0602. The number of carbonyl (C=O) groups is 1. The van der Waals surface area contributed by atoms with Gasteiger partial charge in [0.25, 0.3) is 5.91 Å². The zero-order valence-electron chi connectivity index (χ0n) is 17.9. The largest absolute Gasteiger partial charge is 0.369 e. The Bertz CT molecular complexity index is 1010. The fourth-order valence-electron chi connectivity index (χ4n) is 4.26. The van der Waals surface area contributed by atoms with Crippen molar-refractivity contribution in [3.05, 3.63) is 54.1 Å². The second-order valence-electron chi connectivity index (χ2n) is 7.94. The molecule has 2 aliphatic rings. The highest BCUT2D eigenvalue weighted by atomic mass is 32.2. The van der Waals surface area contributed by atoms with Crippen LogP contribution >= 0.6 is 11.8 Å². The first-order valence-electron chi connectivity index (χ1n) is 10.8. The van der Waals surface area contributed by atoms with Gasteiger partial charge in [0, 0.05) is 49.9 Å². The number of hydrogen-bond donors (Lipinski definition) is 0. The minimum atomic E-state index is -3.65. The Kier molecular flexibility index (Phi) is 6.89. The van der Waals surface area contributed by atoms with Gasteiger partial charge in [0.15, 0.2) is 0 Å². The highest BCUT2D eigenvalue weighted by Crippen LogP contribution is 2.28. The predicted molar refractivity (Wildman–Crippen MR) is 125 cm³/mol. The van der Waals surface area contributed by atoms with Crippen molar-refractivity contribution < 1.29 is 13.2 Å². The Labute approximate surface area is 189 Å². The molecule has 0 radical (unpaired) electrons. The number of nitrogens with zero attached hydrogens (tertiary/aromatic N) is 3. The molecule has 1 amide bonds. The molecule has 4 rings (SSSR count). The monoisotopic (exact) mass is 459 g/mol. The van der Waals surface area contributed by atoms with Crippen LogP contribution in [0, 0.1) is 0 Å². The predicted octanol–water partition coefficient (Wildman–Crippen LogP) is 3.55. The first-order chi connectivity index (χ1) is 15.0. The van der Waals surface area contributed by atoms with Crippen LogP contribution in [0.4, 0.5) is 5.69 Å². The number of thioether (sulfide) groups is 1. The van der Waals surface area contributed by atoms with Gasteiger partial charge in [0.05, 0.1) is 10.5 Å². The quantitative estimate of drug-likeness (QED) is 0.640. The lowest BCUT2D eigenvalue weighted by Crippen LogP contribution is -2.48. The van der Waals surface area contributed by atoms with Crippen molar-refractivity contribution >= 4 is 33.4 Å². The van der Waals surface area contributed by atoms with Gasteiger partial charge < -0.3 is 9.80 Å². The Morgan fingerprint density at radius 1 is 0.871 bits per heavy atom. The summed E-state index contributed by atoms with van der Waals surface area (Å²) in [4.78, 5) is 18.2. The summed E-state index contributed by atoms with van der Waals surface area (Å²) in [5.74, 6) is -0.0602. The number of anilines is 1. The number of hydrogen-bond acceptors (Lipinski definition) is 5. The number of rotatable bonds is 5. The van der Waals surface area contributed by atoms with Crippen LogP contribution in [0.2, 0.25) is 0 Å². The number of piperazine rings is 1. The van der Waals surface area contributed by atoms with Crippen LogP contribution in [0.25, 0.3) is 0 Å². The van der Waals surface area contributed by atoms with Crippen LogP contribution < -0.4 is 4.90 Å². The zero-order valence-corrected chi connectivity index (χ0v) is 19.5. The summed E-state index contributed by atoms with van der Waals surface area (Å²) < 4.78 is 28.3. The molecule has 2 aromatic carbocycles. The number of likely N-dealkylation sites (tertiary alicyclic amines) is 1. The lowest BCUT2D eigenvalue weighted by molar-refractivity contribution is 0.0720. The van der Waals surface area contributed by atoms with Crippen molar-refractivity contribution in [1.29, 1.82) is 0 Å². The molecular formula is C23H29N3O3S2. The maximum atomic E-state index is 13.4. The van der Waals surface area contributed by atoms with E-state index in [9.17, 15) is 13.2 Å². The lowest BCUT2D eigenvalue weighted by Gasteiger charge is -2.35. The van der Waals surface area contributed by atoms with E-state index >= 15 is 0 Å². The van der Waals surface area contributed by atoms with Crippen LogP contribution in [-0.2, 0) is 10.0 Å². The van der Waals surface area contributed by atoms with Gasteiger partial charge in [0.2, 0.25) is 10.0 Å². The van der Waals surface area contributed by atoms with Gasteiger partial charge in [-0.2, -0.15) is 4.31 Å². The van der Waals surface area contributed by atoms with Gasteiger partial charge in [-0.05, 0) is 55.9 Å².